The molecule has 0 aliphatic heterocycles. The minimum atomic E-state index is 0.0632. The van der Waals surface area contributed by atoms with Crippen LogP contribution in [0, 0.1) is 0 Å². The van der Waals surface area contributed by atoms with Gasteiger partial charge in [-0.3, -0.25) is 10.2 Å². The number of nitrogens with zero attached hydrogens (tertiary/aromatic N) is 1. The highest BCUT2D eigenvalue weighted by Gasteiger charge is 2.22. The van der Waals surface area contributed by atoms with E-state index in [0.717, 1.165) is 12.8 Å². The van der Waals surface area contributed by atoms with E-state index in [1.807, 2.05) is 0 Å². The monoisotopic (exact) mass is 243 g/mol. The smallest absolute Gasteiger partial charge is 0.221 e. The standard InChI is InChI=1S/C10H21N5O2/c1-17-7-6-13-10(15-11)12-5-4-9(16)14-8-2-3-8/h8H,2-7,11H2,1H3,(H,14,16)(H2,12,13,15). The number of methoxy groups -OCH3 is 1. The van der Waals surface area contributed by atoms with Crippen molar-refractivity contribution in [3.05, 3.63) is 0 Å². The predicted octanol–water partition coefficient (Wildman–Crippen LogP) is -1.29. The van der Waals surface area contributed by atoms with Crippen LogP contribution in [-0.2, 0) is 9.53 Å². The van der Waals surface area contributed by atoms with Gasteiger partial charge in [0.05, 0.1) is 13.2 Å². The third-order valence-electron chi connectivity index (χ3n) is 2.29. The number of hydrazine groups is 1. The summed E-state index contributed by atoms with van der Waals surface area (Å²) < 4.78 is 4.86. The van der Waals surface area contributed by atoms with E-state index < -0.39 is 0 Å². The number of carbonyl (C=O) groups excluding carboxylic acids is 1. The summed E-state index contributed by atoms with van der Waals surface area (Å²) in [5.41, 5.74) is 2.44. The fraction of sp³-hybridized carbons (Fsp3) is 0.800. The van der Waals surface area contributed by atoms with Crippen molar-refractivity contribution in [1.29, 1.82) is 0 Å². The molecule has 0 unspecified atom stereocenters. The minimum Gasteiger partial charge on any atom is -0.383 e. The molecule has 1 aliphatic rings. The Balaban J connectivity index is 2.08. The van der Waals surface area contributed by atoms with Gasteiger partial charge < -0.3 is 15.4 Å². The molecule has 0 spiro atoms. The first-order valence-corrected chi connectivity index (χ1v) is 5.79. The van der Waals surface area contributed by atoms with Crippen LogP contribution >= 0.6 is 0 Å². The maximum absolute atomic E-state index is 11.4. The second kappa shape index (κ2) is 7.86. The van der Waals surface area contributed by atoms with Crippen LogP contribution in [0.5, 0.6) is 0 Å². The van der Waals surface area contributed by atoms with E-state index in [9.17, 15) is 4.79 Å². The normalized spacial score (nSPS) is 15.5. The maximum Gasteiger partial charge on any atom is 0.221 e. The van der Waals surface area contributed by atoms with Crippen LogP contribution in [0.3, 0.4) is 0 Å². The molecule has 0 aromatic carbocycles. The Kier molecular flexibility index (Phi) is 6.34. The van der Waals surface area contributed by atoms with Crippen molar-refractivity contribution in [2.45, 2.75) is 25.3 Å². The quantitative estimate of drug-likeness (QED) is 0.147. The fourth-order valence-corrected chi connectivity index (χ4v) is 1.22. The Hall–Kier alpha value is -1.34. The van der Waals surface area contributed by atoms with Crippen molar-refractivity contribution in [1.82, 2.24) is 16.1 Å². The number of aliphatic imine (C=N–C) groups is 1. The van der Waals surface area contributed by atoms with Crippen LogP contribution in [0.25, 0.3) is 0 Å². The molecule has 0 heterocycles. The topological polar surface area (TPSA) is 101 Å². The Labute approximate surface area is 101 Å². The summed E-state index contributed by atoms with van der Waals surface area (Å²) in [6, 6.07) is 0.407. The predicted molar refractivity (Wildman–Crippen MR) is 65.3 cm³/mol. The van der Waals surface area contributed by atoms with Gasteiger partial charge in [-0.15, -0.1) is 0 Å². The first-order valence-electron chi connectivity index (χ1n) is 5.79. The number of amides is 1. The zero-order valence-corrected chi connectivity index (χ0v) is 10.2. The Morgan fingerprint density at radius 2 is 2.29 bits per heavy atom. The van der Waals surface area contributed by atoms with E-state index in [1.165, 1.54) is 0 Å². The number of hydrogen-bond donors (Lipinski definition) is 4. The van der Waals surface area contributed by atoms with Gasteiger partial charge in [0, 0.05) is 26.1 Å². The Morgan fingerprint density at radius 3 is 2.88 bits per heavy atom. The number of carbonyl (C=O) groups is 1. The molecular weight excluding hydrogens is 222 g/mol. The van der Waals surface area contributed by atoms with E-state index in [-0.39, 0.29) is 5.91 Å². The fourth-order valence-electron chi connectivity index (χ4n) is 1.22. The lowest BCUT2D eigenvalue weighted by molar-refractivity contribution is -0.121. The van der Waals surface area contributed by atoms with Gasteiger partial charge >= 0.3 is 0 Å². The SMILES string of the molecule is COCCN=C(NN)NCCC(=O)NC1CC1. The zero-order chi connectivity index (χ0) is 12.5. The number of hydrogen-bond acceptors (Lipinski definition) is 4. The van der Waals surface area contributed by atoms with Gasteiger partial charge in [0.15, 0.2) is 0 Å². The van der Waals surface area contributed by atoms with Gasteiger partial charge in [0.2, 0.25) is 11.9 Å². The zero-order valence-electron chi connectivity index (χ0n) is 10.2. The highest BCUT2D eigenvalue weighted by molar-refractivity contribution is 5.81. The third-order valence-corrected chi connectivity index (χ3v) is 2.29. The first kappa shape index (κ1) is 13.7. The molecule has 0 bridgehead atoms. The summed E-state index contributed by atoms with van der Waals surface area (Å²) in [5, 5.41) is 5.86. The van der Waals surface area contributed by atoms with Crippen molar-refractivity contribution in [3.63, 3.8) is 0 Å². The Bertz CT molecular complexity index is 265. The van der Waals surface area contributed by atoms with Crippen molar-refractivity contribution < 1.29 is 9.53 Å². The van der Waals surface area contributed by atoms with Gasteiger partial charge in [-0.2, -0.15) is 0 Å². The van der Waals surface area contributed by atoms with Gasteiger partial charge in [-0.1, -0.05) is 0 Å². The molecule has 1 aliphatic carbocycles. The van der Waals surface area contributed by atoms with Gasteiger partial charge in [0.1, 0.15) is 0 Å². The first-order chi connectivity index (χ1) is 8.26. The highest BCUT2D eigenvalue weighted by Crippen LogP contribution is 2.18. The molecule has 1 rings (SSSR count). The molecule has 7 nitrogen and oxygen atoms in total. The number of guanidine groups is 1. The molecular formula is C10H21N5O2. The van der Waals surface area contributed by atoms with E-state index in [2.05, 4.69) is 21.1 Å². The lowest BCUT2D eigenvalue weighted by atomic mass is 10.4. The van der Waals surface area contributed by atoms with Crippen LogP contribution < -0.4 is 21.9 Å². The summed E-state index contributed by atoms with van der Waals surface area (Å²) in [5.74, 6) is 5.81. The van der Waals surface area contributed by atoms with E-state index in [4.69, 9.17) is 10.6 Å². The second-order valence-corrected chi connectivity index (χ2v) is 3.89. The number of rotatable bonds is 7. The van der Waals surface area contributed by atoms with E-state index in [0.29, 0.717) is 38.1 Å². The molecule has 1 saturated carbocycles. The van der Waals surface area contributed by atoms with Crippen LogP contribution in [0.1, 0.15) is 19.3 Å². The van der Waals surface area contributed by atoms with Crippen molar-refractivity contribution in [2.24, 2.45) is 10.8 Å². The van der Waals surface area contributed by atoms with Crippen molar-refractivity contribution in [3.8, 4) is 0 Å². The summed E-state index contributed by atoms with van der Waals surface area (Å²) in [6.45, 7) is 1.57. The maximum atomic E-state index is 11.4. The molecule has 98 valence electrons. The van der Waals surface area contributed by atoms with E-state index >= 15 is 0 Å². The molecule has 0 saturated heterocycles. The molecule has 1 fully saturated rings. The lowest BCUT2D eigenvalue weighted by Gasteiger charge is -2.09. The molecule has 1 amide bonds. The van der Waals surface area contributed by atoms with Crippen molar-refractivity contribution in [2.75, 3.05) is 26.8 Å². The van der Waals surface area contributed by atoms with Gasteiger partial charge in [-0.05, 0) is 12.8 Å². The van der Waals surface area contributed by atoms with E-state index in [1.54, 1.807) is 7.11 Å². The molecule has 7 heteroatoms. The molecule has 0 aromatic rings. The second-order valence-electron chi connectivity index (χ2n) is 3.89. The summed E-state index contributed by atoms with van der Waals surface area (Å²) >= 11 is 0. The molecule has 0 aromatic heterocycles. The molecule has 17 heavy (non-hydrogen) atoms. The van der Waals surface area contributed by atoms with Crippen molar-refractivity contribution >= 4 is 11.9 Å². The van der Waals surface area contributed by atoms with Gasteiger partial charge in [-0.25, -0.2) is 10.8 Å². The highest BCUT2D eigenvalue weighted by atomic mass is 16.5. The summed E-state index contributed by atoms with van der Waals surface area (Å²) in [7, 11) is 1.61. The molecule has 0 radical (unpaired) electrons. The molecule has 5 N–H and O–H groups in total. The van der Waals surface area contributed by atoms with Crippen LogP contribution in [0.4, 0.5) is 0 Å². The molecule has 0 atom stereocenters. The van der Waals surface area contributed by atoms with Crippen LogP contribution in [0.15, 0.2) is 4.99 Å². The minimum absolute atomic E-state index is 0.0632. The number of nitrogens with two attached hydrogens (primary N) is 1. The number of ether oxygens (including phenoxy) is 1. The summed E-state index contributed by atoms with van der Waals surface area (Å²) in [4.78, 5) is 15.5. The number of nitrogens with one attached hydrogen (secondary N) is 3. The largest absolute Gasteiger partial charge is 0.383 e. The third kappa shape index (κ3) is 6.75. The average Bonchev–Trinajstić information content (AvgIpc) is 3.11. The Morgan fingerprint density at radius 1 is 1.53 bits per heavy atom. The summed E-state index contributed by atoms with van der Waals surface area (Å²) in [6.07, 6.45) is 2.63. The van der Waals surface area contributed by atoms with Gasteiger partial charge in [0.25, 0.3) is 0 Å². The lowest BCUT2D eigenvalue weighted by Crippen LogP contribution is -2.43. The van der Waals surface area contributed by atoms with Crippen LogP contribution in [-0.4, -0.2) is 44.7 Å². The average molecular weight is 243 g/mol. The van der Waals surface area contributed by atoms with Crippen LogP contribution in [0.2, 0.25) is 0 Å².